The van der Waals surface area contributed by atoms with E-state index in [1.54, 1.807) is 0 Å². The van der Waals surface area contributed by atoms with Crippen LogP contribution < -0.4 is 20.9 Å². The van der Waals surface area contributed by atoms with E-state index in [1.165, 1.54) is 42.3 Å². The molecule has 3 amide bonds. The molecular weight excluding hydrogens is 469 g/mol. The van der Waals surface area contributed by atoms with E-state index in [0.29, 0.717) is 11.3 Å². The van der Waals surface area contributed by atoms with Crippen LogP contribution in [0.15, 0.2) is 33.6 Å². The predicted molar refractivity (Wildman–Crippen MR) is 115 cm³/mol. The van der Waals surface area contributed by atoms with Gasteiger partial charge in [-0.05, 0) is 55.3 Å². The number of carbonyl (C=O) groups excluding carboxylic acids is 2. The number of nitrogens with one attached hydrogen (secondary N) is 3. The van der Waals surface area contributed by atoms with Gasteiger partial charge < -0.3 is 14.9 Å². The maximum atomic E-state index is 12.7. The van der Waals surface area contributed by atoms with E-state index < -0.39 is 24.1 Å². The Hall–Kier alpha value is -2.93. The number of nitrogens with zero attached hydrogens (tertiary/aromatic N) is 1. The Balaban J connectivity index is 1.62. The molecule has 0 saturated carbocycles. The Bertz CT molecular complexity index is 1020. The van der Waals surface area contributed by atoms with Gasteiger partial charge in [0, 0.05) is 11.3 Å². The minimum Gasteiger partial charge on any atom is -0.406 e. The molecule has 3 N–H and O–H groups in total. The van der Waals surface area contributed by atoms with Crippen molar-refractivity contribution < 1.29 is 32.3 Å². The molecule has 8 nitrogen and oxygen atoms in total. The Morgan fingerprint density at radius 2 is 1.88 bits per heavy atom. The molecule has 3 rings (SSSR count). The number of benzene rings is 1. The topological polar surface area (TPSA) is 101 Å². The van der Waals surface area contributed by atoms with E-state index in [-0.39, 0.29) is 5.69 Å². The van der Waals surface area contributed by atoms with Crippen LogP contribution in [-0.2, 0) is 11.3 Å². The molecule has 1 aliphatic rings. The zero-order valence-corrected chi connectivity index (χ0v) is 18.6. The Labute approximate surface area is 189 Å². The fourth-order valence-electron chi connectivity index (χ4n) is 3.13. The van der Waals surface area contributed by atoms with Crippen LogP contribution in [0.25, 0.3) is 0 Å². The van der Waals surface area contributed by atoms with Gasteiger partial charge in [0.2, 0.25) is 0 Å². The first-order chi connectivity index (χ1) is 15.2. The lowest BCUT2D eigenvalue weighted by Crippen LogP contribution is -2.44. The van der Waals surface area contributed by atoms with Crippen molar-refractivity contribution in [1.82, 2.24) is 10.9 Å². The van der Waals surface area contributed by atoms with Crippen molar-refractivity contribution in [2.24, 2.45) is 5.16 Å². The van der Waals surface area contributed by atoms with Crippen LogP contribution in [0.2, 0.25) is 0 Å². The number of thioether (sulfide) groups is 1. The number of ether oxygens (including phenoxy) is 1. The van der Waals surface area contributed by atoms with Gasteiger partial charge in [-0.1, -0.05) is 5.16 Å². The van der Waals surface area contributed by atoms with Crippen LogP contribution in [-0.4, -0.2) is 37.4 Å². The molecule has 0 atom stereocenters. The van der Waals surface area contributed by atoms with Crippen molar-refractivity contribution >= 4 is 46.4 Å². The fourth-order valence-corrected chi connectivity index (χ4v) is 5.16. The molecule has 0 radical (unpaired) electrons. The van der Waals surface area contributed by atoms with Gasteiger partial charge in [0.05, 0.1) is 14.8 Å². The number of oxime groups is 1. The zero-order valence-electron chi connectivity index (χ0n) is 17.0. The lowest BCUT2D eigenvalue weighted by Gasteiger charge is -2.16. The third-order valence-electron chi connectivity index (χ3n) is 4.33. The molecular formula is C19H19F3N4O4S2. The molecule has 1 aromatic heterocycles. The molecule has 1 aromatic carbocycles. The molecule has 0 spiro atoms. The number of amides is 3. The molecule has 32 heavy (non-hydrogen) atoms. The third-order valence-corrected chi connectivity index (χ3v) is 6.68. The summed E-state index contributed by atoms with van der Waals surface area (Å²) in [5.74, 6) is -0.894. The number of hydrogen-bond acceptors (Lipinski definition) is 7. The average molecular weight is 489 g/mol. The highest BCUT2D eigenvalue weighted by atomic mass is 32.2. The second-order valence-electron chi connectivity index (χ2n) is 6.46. The highest BCUT2D eigenvalue weighted by molar-refractivity contribution is 8.00. The van der Waals surface area contributed by atoms with Crippen molar-refractivity contribution in [3.8, 4) is 5.75 Å². The summed E-state index contributed by atoms with van der Waals surface area (Å²) >= 11 is 2.82. The van der Waals surface area contributed by atoms with Crippen molar-refractivity contribution in [1.29, 1.82) is 0 Å². The molecule has 1 aliphatic carbocycles. The average Bonchev–Trinajstić information content (AvgIpc) is 3.12. The van der Waals surface area contributed by atoms with Gasteiger partial charge in [0.1, 0.15) is 12.9 Å². The fraction of sp³-hybridized carbons (Fsp3) is 0.316. The summed E-state index contributed by atoms with van der Waals surface area (Å²) in [4.78, 5) is 30.2. The summed E-state index contributed by atoms with van der Waals surface area (Å²) in [5, 5.41) is 6.48. The Morgan fingerprint density at radius 3 is 2.50 bits per heavy atom. The molecule has 172 valence electrons. The monoisotopic (exact) mass is 488 g/mol. The van der Waals surface area contributed by atoms with E-state index in [9.17, 15) is 22.8 Å². The third kappa shape index (κ3) is 5.85. The molecule has 0 aliphatic heterocycles. The van der Waals surface area contributed by atoms with Crippen molar-refractivity contribution in [2.75, 3.05) is 18.7 Å². The summed E-state index contributed by atoms with van der Waals surface area (Å²) in [5.41, 5.74) is 7.36. The van der Waals surface area contributed by atoms with E-state index in [1.807, 2.05) is 6.26 Å². The van der Waals surface area contributed by atoms with Crippen LogP contribution in [0.4, 0.5) is 23.7 Å². The van der Waals surface area contributed by atoms with Crippen LogP contribution in [0.3, 0.4) is 0 Å². The molecule has 2 aromatic rings. The van der Waals surface area contributed by atoms with E-state index >= 15 is 0 Å². The number of thiophene rings is 1. The first-order valence-corrected chi connectivity index (χ1v) is 11.3. The van der Waals surface area contributed by atoms with Crippen LogP contribution in [0.5, 0.6) is 5.75 Å². The van der Waals surface area contributed by atoms with Crippen LogP contribution >= 0.6 is 23.1 Å². The highest BCUT2D eigenvalue weighted by Crippen LogP contribution is 2.39. The summed E-state index contributed by atoms with van der Waals surface area (Å²) < 4.78 is 41.3. The van der Waals surface area contributed by atoms with Crippen molar-refractivity contribution in [3.63, 3.8) is 0 Å². The first-order valence-electron chi connectivity index (χ1n) is 9.25. The number of alkyl halides is 3. The van der Waals surface area contributed by atoms with Crippen molar-refractivity contribution in [3.05, 3.63) is 40.3 Å². The highest BCUT2D eigenvalue weighted by Gasteiger charge is 2.31. The van der Waals surface area contributed by atoms with E-state index in [4.69, 9.17) is 4.84 Å². The predicted octanol–water partition coefficient (Wildman–Crippen LogP) is 4.52. The summed E-state index contributed by atoms with van der Waals surface area (Å²) in [6.07, 6.45) is -0.620. The van der Waals surface area contributed by atoms with Crippen molar-refractivity contribution in [2.45, 2.75) is 29.8 Å². The summed E-state index contributed by atoms with van der Waals surface area (Å²) in [6.45, 7) is 0. The van der Waals surface area contributed by atoms with Gasteiger partial charge in [-0.25, -0.2) is 10.2 Å². The normalized spacial score (nSPS) is 14.5. The number of hydrogen-bond donors (Lipinski definition) is 3. The molecule has 0 saturated heterocycles. The second-order valence-corrected chi connectivity index (χ2v) is 8.55. The molecule has 0 fully saturated rings. The lowest BCUT2D eigenvalue weighted by molar-refractivity contribution is -0.274. The number of hydrazine groups is 1. The second kappa shape index (κ2) is 10.1. The van der Waals surface area contributed by atoms with Gasteiger partial charge in [-0.15, -0.1) is 36.3 Å². The van der Waals surface area contributed by atoms with Gasteiger partial charge in [0.25, 0.3) is 5.91 Å². The smallest absolute Gasteiger partial charge is 0.406 e. The number of anilines is 1. The van der Waals surface area contributed by atoms with Crippen LogP contribution in [0.1, 0.15) is 33.6 Å². The molecule has 0 bridgehead atoms. The molecule has 13 heteroatoms. The van der Waals surface area contributed by atoms with Gasteiger partial charge in [-0.2, -0.15) is 0 Å². The van der Waals surface area contributed by atoms with E-state index in [0.717, 1.165) is 46.0 Å². The largest absolute Gasteiger partial charge is 0.573 e. The maximum Gasteiger partial charge on any atom is 0.573 e. The minimum absolute atomic E-state index is 0.213. The Morgan fingerprint density at radius 1 is 1.16 bits per heavy atom. The van der Waals surface area contributed by atoms with Crippen LogP contribution in [0, 0.1) is 0 Å². The van der Waals surface area contributed by atoms with Gasteiger partial charge in [0.15, 0.2) is 0 Å². The quantitative estimate of drug-likeness (QED) is 0.424. The maximum absolute atomic E-state index is 12.7. The standard InChI is InChI=1S/C19H19F3N4O4S2/c1-29-26-13-5-3-4-12-14(13)17(31-2)32-15(12)16(27)24-25-18(28)23-10-6-8-11(9-7-10)30-19(20,21)22/h6-9H,3-5H2,1-2H3,(H,24,27)(H2,23,25,28). The number of fused-ring (bicyclic) bond motifs is 1. The SMILES string of the molecule is CON=C1CCCc2c(C(=O)NNC(=O)Nc3ccc(OC(F)(F)F)cc3)sc(SC)c21. The summed E-state index contributed by atoms with van der Waals surface area (Å²) in [6, 6.07) is 3.82. The number of halogens is 3. The summed E-state index contributed by atoms with van der Waals surface area (Å²) in [7, 11) is 1.47. The Kier molecular flexibility index (Phi) is 7.51. The first kappa shape index (κ1) is 23.7. The zero-order chi connectivity index (χ0) is 23.3. The number of carbonyl (C=O) groups is 2. The van der Waals surface area contributed by atoms with Gasteiger partial charge in [-0.3, -0.25) is 10.2 Å². The molecule has 0 unspecified atom stereocenters. The van der Waals surface area contributed by atoms with Gasteiger partial charge >= 0.3 is 12.4 Å². The number of rotatable bonds is 5. The van der Waals surface area contributed by atoms with E-state index in [2.05, 4.69) is 26.1 Å². The lowest BCUT2D eigenvalue weighted by atomic mass is 9.92. The number of urea groups is 1. The minimum atomic E-state index is -4.80. The molecule has 1 heterocycles.